The number of carbonyl (C=O) groups is 1. The Balaban J connectivity index is 2.30. The van der Waals surface area contributed by atoms with Gasteiger partial charge in [0, 0.05) is 5.71 Å². The van der Waals surface area contributed by atoms with E-state index in [1.54, 1.807) is 12.1 Å². The van der Waals surface area contributed by atoms with Crippen LogP contribution in [-0.4, -0.2) is 16.7 Å². The topological polar surface area (TPSA) is 61.7 Å². The van der Waals surface area contributed by atoms with Crippen molar-refractivity contribution in [2.45, 2.75) is 20.8 Å². The number of rotatable bonds is 3. The fourth-order valence-electron chi connectivity index (χ4n) is 1.74. The molecule has 0 spiro atoms. The summed E-state index contributed by atoms with van der Waals surface area (Å²) in [6, 6.07) is 10.8. The summed E-state index contributed by atoms with van der Waals surface area (Å²) >= 11 is 0. The van der Waals surface area contributed by atoms with E-state index in [2.05, 4.69) is 10.5 Å². The number of carbonyl (C=O) groups excluding carboxylic acids is 1. The van der Waals surface area contributed by atoms with Crippen molar-refractivity contribution in [3.8, 4) is 5.75 Å². The van der Waals surface area contributed by atoms with Crippen LogP contribution >= 0.6 is 0 Å². The highest BCUT2D eigenvalue weighted by atomic mass is 16.3. The number of benzene rings is 2. The third kappa shape index (κ3) is 2.96. The average molecular weight is 270 g/mol. The normalized spacial score (nSPS) is 11.9. The molecule has 0 aliphatic rings. The summed E-state index contributed by atoms with van der Waals surface area (Å²) in [7, 11) is 0. The van der Waals surface area contributed by atoms with E-state index in [4.69, 9.17) is 0 Å². The predicted molar refractivity (Wildman–Crippen MR) is 81.0 cm³/mol. The first-order valence-corrected chi connectivity index (χ1v) is 6.55. The Bertz CT molecular complexity index is 675. The third-order valence-electron chi connectivity index (χ3n) is 3.28. The van der Waals surface area contributed by atoms with Crippen molar-refractivity contribution in [3.05, 3.63) is 42.0 Å². The molecule has 0 bridgehead atoms. The van der Waals surface area contributed by atoms with Crippen LogP contribution in [0.4, 0.5) is 0 Å². The van der Waals surface area contributed by atoms with Crippen molar-refractivity contribution >= 4 is 22.4 Å². The molecule has 4 nitrogen and oxygen atoms in total. The number of amides is 1. The van der Waals surface area contributed by atoms with Crippen LogP contribution in [0.2, 0.25) is 0 Å². The largest absolute Gasteiger partial charge is 0.507 e. The third-order valence-corrected chi connectivity index (χ3v) is 3.28. The van der Waals surface area contributed by atoms with Crippen LogP contribution in [0.25, 0.3) is 10.8 Å². The van der Waals surface area contributed by atoms with Gasteiger partial charge in [-0.05, 0) is 35.7 Å². The van der Waals surface area contributed by atoms with E-state index < -0.39 is 5.91 Å². The lowest BCUT2D eigenvalue weighted by atomic mass is 10.1. The number of hydrazone groups is 1. The molecule has 0 atom stereocenters. The minimum Gasteiger partial charge on any atom is -0.507 e. The van der Waals surface area contributed by atoms with Crippen LogP contribution in [0.5, 0.6) is 5.75 Å². The Morgan fingerprint density at radius 2 is 1.80 bits per heavy atom. The van der Waals surface area contributed by atoms with Gasteiger partial charge in [-0.2, -0.15) is 5.10 Å². The molecule has 0 saturated carbocycles. The van der Waals surface area contributed by atoms with Crippen LogP contribution in [0.1, 0.15) is 31.1 Å². The highest BCUT2D eigenvalue weighted by Crippen LogP contribution is 2.24. The number of hydrogen-bond donors (Lipinski definition) is 2. The molecule has 2 aromatic carbocycles. The summed E-state index contributed by atoms with van der Waals surface area (Å²) in [5.74, 6) is -0.188. The minimum atomic E-state index is -0.409. The molecule has 4 heteroatoms. The Labute approximate surface area is 118 Å². The van der Waals surface area contributed by atoms with E-state index >= 15 is 0 Å². The molecule has 2 N–H and O–H groups in total. The number of nitrogens with one attached hydrogen (secondary N) is 1. The number of nitrogens with zero attached hydrogens (tertiary/aromatic N) is 1. The molecule has 0 unspecified atom stereocenters. The van der Waals surface area contributed by atoms with Gasteiger partial charge in [-0.3, -0.25) is 4.79 Å². The number of fused-ring (bicyclic) bond motifs is 1. The smallest absolute Gasteiger partial charge is 0.275 e. The Kier molecular flexibility index (Phi) is 4.03. The molecule has 0 aliphatic heterocycles. The molecular formula is C16H18N2O2. The molecule has 20 heavy (non-hydrogen) atoms. The van der Waals surface area contributed by atoms with Gasteiger partial charge in [-0.25, -0.2) is 5.43 Å². The van der Waals surface area contributed by atoms with Gasteiger partial charge in [0.1, 0.15) is 5.75 Å². The lowest BCUT2D eigenvalue weighted by Gasteiger charge is -2.07. The molecule has 0 fully saturated rings. The monoisotopic (exact) mass is 270 g/mol. The lowest BCUT2D eigenvalue weighted by molar-refractivity contribution is 0.0952. The van der Waals surface area contributed by atoms with Gasteiger partial charge in [0.05, 0.1) is 5.56 Å². The molecule has 104 valence electrons. The molecule has 0 heterocycles. The van der Waals surface area contributed by atoms with Gasteiger partial charge in [0.15, 0.2) is 0 Å². The van der Waals surface area contributed by atoms with E-state index in [1.807, 2.05) is 45.0 Å². The molecule has 0 aliphatic carbocycles. The molecule has 2 aromatic rings. The lowest BCUT2D eigenvalue weighted by Crippen LogP contribution is -2.20. The van der Waals surface area contributed by atoms with E-state index in [-0.39, 0.29) is 17.2 Å². The Hall–Kier alpha value is -2.36. The van der Waals surface area contributed by atoms with Crippen molar-refractivity contribution in [2.75, 3.05) is 0 Å². The van der Waals surface area contributed by atoms with Crippen LogP contribution in [0, 0.1) is 5.92 Å². The maximum absolute atomic E-state index is 12.1. The summed E-state index contributed by atoms with van der Waals surface area (Å²) in [5, 5.41) is 15.8. The average Bonchev–Trinajstić information content (AvgIpc) is 2.43. The molecule has 0 aromatic heterocycles. The van der Waals surface area contributed by atoms with Gasteiger partial charge >= 0.3 is 0 Å². The first-order chi connectivity index (χ1) is 9.49. The van der Waals surface area contributed by atoms with Crippen LogP contribution in [0.15, 0.2) is 41.5 Å². The maximum Gasteiger partial charge on any atom is 0.275 e. The Morgan fingerprint density at radius 1 is 1.20 bits per heavy atom. The first kappa shape index (κ1) is 14.1. The molecule has 0 radical (unpaired) electrons. The summed E-state index contributed by atoms with van der Waals surface area (Å²) in [6.45, 7) is 5.85. The first-order valence-electron chi connectivity index (χ1n) is 6.55. The molecular weight excluding hydrogens is 252 g/mol. The van der Waals surface area contributed by atoms with Crippen molar-refractivity contribution in [2.24, 2.45) is 11.0 Å². The van der Waals surface area contributed by atoms with E-state index in [0.29, 0.717) is 0 Å². The minimum absolute atomic E-state index is 0.0430. The van der Waals surface area contributed by atoms with Crippen LogP contribution < -0.4 is 5.43 Å². The number of phenolic OH excluding ortho intramolecular Hbond substituents is 1. The van der Waals surface area contributed by atoms with Crippen molar-refractivity contribution in [1.29, 1.82) is 0 Å². The van der Waals surface area contributed by atoms with E-state index in [0.717, 1.165) is 16.5 Å². The summed E-state index contributed by atoms with van der Waals surface area (Å²) in [4.78, 5) is 12.1. The zero-order chi connectivity index (χ0) is 14.7. The molecule has 2 rings (SSSR count). The SMILES string of the molecule is C/C(=N\NC(=O)c1cc2ccccc2cc1O)C(C)C. The Morgan fingerprint density at radius 3 is 2.40 bits per heavy atom. The van der Waals surface area contributed by atoms with Crippen LogP contribution in [0.3, 0.4) is 0 Å². The van der Waals surface area contributed by atoms with Crippen molar-refractivity contribution < 1.29 is 9.90 Å². The fourth-order valence-corrected chi connectivity index (χ4v) is 1.74. The molecule has 0 saturated heterocycles. The quantitative estimate of drug-likeness (QED) is 0.664. The van der Waals surface area contributed by atoms with Gasteiger partial charge in [-0.15, -0.1) is 0 Å². The number of phenols is 1. The predicted octanol–water partition coefficient (Wildman–Crippen LogP) is 3.31. The van der Waals surface area contributed by atoms with Crippen molar-refractivity contribution in [3.63, 3.8) is 0 Å². The summed E-state index contributed by atoms with van der Waals surface area (Å²) in [6.07, 6.45) is 0. The van der Waals surface area contributed by atoms with Gasteiger partial charge in [0.25, 0.3) is 5.91 Å². The second-order valence-electron chi connectivity index (χ2n) is 5.07. The van der Waals surface area contributed by atoms with E-state index in [9.17, 15) is 9.90 Å². The fraction of sp³-hybridized carbons (Fsp3) is 0.250. The van der Waals surface area contributed by atoms with E-state index in [1.165, 1.54) is 0 Å². The van der Waals surface area contributed by atoms with Crippen LogP contribution in [-0.2, 0) is 0 Å². The molecule has 1 amide bonds. The second-order valence-corrected chi connectivity index (χ2v) is 5.07. The standard InChI is InChI=1S/C16H18N2O2/c1-10(2)11(3)17-18-16(20)14-8-12-6-4-5-7-13(12)9-15(14)19/h4-10,19H,1-3H3,(H,18,20)/b17-11+. The van der Waals surface area contributed by atoms with Gasteiger partial charge in [-0.1, -0.05) is 38.1 Å². The summed E-state index contributed by atoms with van der Waals surface area (Å²) < 4.78 is 0. The van der Waals surface area contributed by atoms with Crippen molar-refractivity contribution in [1.82, 2.24) is 5.43 Å². The maximum atomic E-state index is 12.1. The zero-order valence-electron chi connectivity index (χ0n) is 11.8. The second kappa shape index (κ2) is 5.74. The number of aromatic hydroxyl groups is 1. The zero-order valence-corrected chi connectivity index (χ0v) is 11.8. The van der Waals surface area contributed by atoms with Gasteiger partial charge in [0.2, 0.25) is 0 Å². The highest BCUT2D eigenvalue weighted by Gasteiger charge is 2.12. The highest BCUT2D eigenvalue weighted by molar-refractivity contribution is 6.01. The summed E-state index contributed by atoms with van der Waals surface area (Å²) in [5.41, 5.74) is 3.53. The number of hydrogen-bond acceptors (Lipinski definition) is 3. The van der Waals surface area contributed by atoms with Gasteiger partial charge < -0.3 is 5.11 Å².